The van der Waals surface area contributed by atoms with E-state index in [1.165, 1.54) is 6.92 Å². The van der Waals surface area contributed by atoms with E-state index in [9.17, 15) is 9.90 Å². The molecule has 102 valence electrons. The van der Waals surface area contributed by atoms with Crippen LogP contribution in [0.2, 0.25) is 0 Å². The van der Waals surface area contributed by atoms with Gasteiger partial charge in [0.05, 0.1) is 18.8 Å². The second-order valence-electron chi connectivity index (χ2n) is 4.11. The van der Waals surface area contributed by atoms with Crippen LogP contribution in [0, 0.1) is 5.92 Å². The molecule has 0 rings (SSSR count). The van der Waals surface area contributed by atoms with Crippen LogP contribution in [-0.4, -0.2) is 45.2 Å². The quantitative estimate of drug-likeness (QED) is 0.521. The molecule has 0 amide bonds. The van der Waals surface area contributed by atoms with Gasteiger partial charge < -0.3 is 20.4 Å². The highest BCUT2D eigenvalue weighted by atomic mass is 16.4. The van der Waals surface area contributed by atoms with E-state index < -0.39 is 18.2 Å². The third kappa shape index (κ3) is 11.4. The van der Waals surface area contributed by atoms with E-state index >= 15 is 0 Å². The molecule has 0 fully saturated rings. The van der Waals surface area contributed by atoms with Crippen LogP contribution in [0.4, 0.5) is 0 Å². The molecule has 3 atom stereocenters. The molecule has 17 heavy (non-hydrogen) atoms. The molecule has 0 radical (unpaired) electrons. The SMILES string of the molecule is C=C(C)C(=O)O.CCC(C)C(O)CC(O)CO. The van der Waals surface area contributed by atoms with Gasteiger partial charge in [0.15, 0.2) is 0 Å². The molecule has 0 saturated heterocycles. The largest absolute Gasteiger partial charge is 0.478 e. The van der Waals surface area contributed by atoms with Crippen LogP contribution in [0.1, 0.15) is 33.6 Å². The molecule has 0 aliphatic carbocycles. The zero-order valence-corrected chi connectivity index (χ0v) is 10.8. The Bertz CT molecular complexity index is 215. The Morgan fingerprint density at radius 2 is 1.76 bits per heavy atom. The lowest BCUT2D eigenvalue weighted by atomic mass is 9.97. The third-order valence-corrected chi connectivity index (χ3v) is 2.39. The fourth-order valence-electron chi connectivity index (χ4n) is 0.858. The normalized spacial score (nSPS) is 15.2. The summed E-state index contributed by atoms with van der Waals surface area (Å²) < 4.78 is 0. The van der Waals surface area contributed by atoms with Crippen molar-refractivity contribution < 1.29 is 25.2 Å². The van der Waals surface area contributed by atoms with Gasteiger partial charge in [-0.15, -0.1) is 0 Å². The van der Waals surface area contributed by atoms with E-state index in [2.05, 4.69) is 6.58 Å². The van der Waals surface area contributed by atoms with Crippen molar-refractivity contribution >= 4 is 5.97 Å². The van der Waals surface area contributed by atoms with Crippen LogP contribution < -0.4 is 0 Å². The van der Waals surface area contributed by atoms with Crippen LogP contribution in [-0.2, 0) is 4.79 Å². The maximum atomic E-state index is 9.60. The topological polar surface area (TPSA) is 98.0 Å². The number of aliphatic hydroxyl groups is 3. The summed E-state index contributed by atoms with van der Waals surface area (Å²) in [7, 11) is 0. The van der Waals surface area contributed by atoms with Crippen molar-refractivity contribution in [3.05, 3.63) is 12.2 Å². The molecule has 0 aromatic carbocycles. The maximum Gasteiger partial charge on any atom is 0.330 e. The first kappa shape index (κ1) is 18.5. The smallest absolute Gasteiger partial charge is 0.330 e. The minimum absolute atomic E-state index is 0.176. The van der Waals surface area contributed by atoms with Crippen molar-refractivity contribution in [3.63, 3.8) is 0 Å². The Kier molecular flexibility index (Phi) is 11.1. The van der Waals surface area contributed by atoms with Gasteiger partial charge in [-0.25, -0.2) is 4.79 Å². The van der Waals surface area contributed by atoms with E-state index in [0.717, 1.165) is 6.42 Å². The number of carboxylic acids is 1. The Morgan fingerprint density at radius 3 is 2.00 bits per heavy atom. The van der Waals surface area contributed by atoms with Crippen LogP contribution in [0.5, 0.6) is 0 Å². The minimum atomic E-state index is -0.935. The summed E-state index contributed by atoms with van der Waals surface area (Å²) in [4.78, 5) is 9.60. The van der Waals surface area contributed by atoms with E-state index in [0.29, 0.717) is 0 Å². The zero-order valence-electron chi connectivity index (χ0n) is 10.8. The number of carbonyl (C=O) groups is 1. The predicted molar refractivity (Wildman–Crippen MR) is 65.6 cm³/mol. The van der Waals surface area contributed by atoms with Crippen molar-refractivity contribution in [2.45, 2.75) is 45.8 Å². The molecule has 0 aliphatic rings. The summed E-state index contributed by atoms with van der Waals surface area (Å²) in [6.45, 7) is 8.24. The Balaban J connectivity index is 0. The Hall–Kier alpha value is -0.910. The van der Waals surface area contributed by atoms with Crippen LogP contribution in [0.25, 0.3) is 0 Å². The van der Waals surface area contributed by atoms with Crippen molar-refractivity contribution in [1.82, 2.24) is 0 Å². The van der Waals surface area contributed by atoms with E-state index in [4.69, 9.17) is 15.3 Å². The molecule has 0 aromatic heterocycles. The lowest BCUT2D eigenvalue weighted by Crippen LogP contribution is -2.25. The van der Waals surface area contributed by atoms with Crippen LogP contribution in [0.3, 0.4) is 0 Å². The lowest BCUT2D eigenvalue weighted by Gasteiger charge is -2.18. The van der Waals surface area contributed by atoms with Crippen molar-refractivity contribution in [3.8, 4) is 0 Å². The standard InChI is InChI=1S/C8H18O3.C4H6O2/c1-3-6(2)8(11)4-7(10)5-9;1-3(2)4(5)6/h6-11H,3-5H2,1-2H3;1H2,2H3,(H,5,6). The first-order valence-corrected chi connectivity index (χ1v) is 5.61. The highest BCUT2D eigenvalue weighted by molar-refractivity contribution is 5.84. The summed E-state index contributed by atoms with van der Waals surface area (Å²) in [6.07, 6.45) is -0.119. The number of aliphatic hydroxyl groups excluding tert-OH is 3. The van der Waals surface area contributed by atoms with Crippen molar-refractivity contribution in [2.24, 2.45) is 5.92 Å². The lowest BCUT2D eigenvalue weighted by molar-refractivity contribution is -0.132. The van der Waals surface area contributed by atoms with Gasteiger partial charge in [0.25, 0.3) is 0 Å². The number of carboxylic acid groups (broad SMARTS) is 1. The molecule has 0 aliphatic heterocycles. The van der Waals surface area contributed by atoms with Crippen molar-refractivity contribution in [2.75, 3.05) is 6.61 Å². The average Bonchev–Trinajstić information content (AvgIpc) is 2.28. The van der Waals surface area contributed by atoms with Crippen LogP contribution in [0.15, 0.2) is 12.2 Å². The molecule has 3 unspecified atom stereocenters. The van der Waals surface area contributed by atoms with Gasteiger partial charge in [0.1, 0.15) is 0 Å². The predicted octanol–water partition coefficient (Wildman–Crippen LogP) is 0.784. The second kappa shape index (κ2) is 10.3. The molecule has 5 heteroatoms. The summed E-state index contributed by atoms with van der Waals surface area (Å²) in [6, 6.07) is 0. The first-order chi connectivity index (χ1) is 7.76. The summed E-state index contributed by atoms with van der Waals surface area (Å²) in [5, 5.41) is 34.7. The van der Waals surface area contributed by atoms with Gasteiger partial charge in [-0.2, -0.15) is 0 Å². The second-order valence-corrected chi connectivity index (χ2v) is 4.11. The zero-order chi connectivity index (χ0) is 14.0. The van der Waals surface area contributed by atoms with Gasteiger partial charge in [0, 0.05) is 12.0 Å². The molecule has 0 spiro atoms. The highest BCUT2D eigenvalue weighted by Crippen LogP contribution is 2.12. The number of hydrogen-bond acceptors (Lipinski definition) is 4. The number of aliphatic carboxylic acids is 1. The highest BCUT2D eigenvalue weighted by Gasteiger charge is 2.15. The Labute approximate surface area is 102 Å². The molecular weight excluding hydrogens is 224 g/mol. The molecular formula is C12H24O5. The van der Waals surface area contributed by atoms with E-state index in [1.807, 2.05) is 13.8 Å². The van der Waals surface area contributed by atoms with Gasteiger partial charge in [0.2, 0.25) is 0 Å². The average molecular weight is 248 g/mol. The van der Waals surface area contributed by atoms with Crippen molar-refractivity contribution in [1.29, 1.82) is 0 Å². The third-order valence-electron chi connectivity index (χ3n) is 2.39. The fraction of sp³-hybridized carbons (Fsp3) is 0.750. The van der Waals surface area contributed by atoms with Gasteiger partial charge >= 0.3 is 5.97 Å². The molecule has 0 aromatic rings. The maximum absolute atomic E-state index is 9.60. The van der Waals surface area contributed by atoms with E-state index in [-0.39, 0.29) is 24.5 Å². The van der Waals surface area contributed by atoms with Gasteiger partial charge in [-0.1, -0.05) is 26.8 Å². The number of rotatable bonds is 6. The molecule has 4 N–H and O–H groups in total. The monoisotopic (exact) mass is 248 g/mol. The number of hydrogen-bond donors (Lipinski definition) is 4. The molecule has 0 saturated carbocycles. The summed E-state index contributed by atoms with van der Waals surface area (Å²) in [5.41, 5.74) is 0.176. The molecule has 0 bridgehead atoms. The van der Waals surface area contributed by atoms with Crippen LogP contribution >= 0.6 is 0 Å². The molecule has 5 nitrogen and oxygen atoms in total. The summed E-state index contributed by atoms with van der Waals surface area (Å²) >= 11 is 0. The van der Waals surface area contributed by atoms with E-state index in [1.54, 1.807) is 0 Å². The molecule has 0 heterocycles. The minimum Gasteiger partial charge on any atom is -0.478 e. The van der Waals surface area contributed by atoms with Gasteiger partial charge in [-0.3, -0.25) is 0 Å². The fourth-order valence-corrected chi connectivity index (χ4v) is 0.858. The summed E-state index contributed by atoms with van der Waals surface area (Å²) in [5.74, 6) is -0.744. The first-order valence-electron chi connectivity index (χ1n) is 5.61. The van der Waals surface area contributed by atoms with Gasteiger partial charge in [-0.05, 0) is 12.8 Å². The Morgan fingerprint density at radius 1 is 1.35 bits per heavy atom.